The number of pyridine rings is 1. The van der Waals surface area contributed by atoms with E-state index in [0.29, 0.717) is 44.5 Å². The monoisotopic (exact) mass is 1020 g/mol. The van der Waals surface area contributed by atoms with E-state index < -0.39 is 108 Å². The first-order valence-corrected chi connectivity index (χ1v) is 26.4. The van der Waals surface area contributed by atoms with Crippen LogP contribution in [-0.4, -0.2) is 19.6 Å². The molecule has 2 aromatic heterocycles. The molecule has 4 nitrogen and oxygen atoms in total. The molecule has 0 radical (unpaired) electrons. The topological polar surface area (TPSA) is 50.9 Å². The number of para-hydroxylation sites is 1. The highest BCUT2D eigenvalue weighted by atomic mass is 16.3. The molecule has 8 rings (SSSR count). The zero-order valence-corrected chi connectivity index (χ0v) is 46.7. The van der Waals surface area contributed by atoms with Gasteiger partial charge in [-0.15, -0.1) is 0 Å². The number of imidazole rings is 1. The maximum absolute atomic E-state index is 12.8. The Labute approximate surface area is 478 Å². The minimum atomic E-state index is -3.95. The van der Waals surface area contributed by atoms with Crippen molar-refractivity contribution in [3.63, 3.8) is 0 Å². The van der Waals surface area contributed by atoms with Crippen molar-refractivity contribution in [1.82, 2.24) is 14.5 Å². The SMILES string of the molecule is [2H]c1nc(-c2cc(-c3cccc4c3nc(-c3cc(C(C)(C)C)cc(C(C)(C)C)c3O)n4-c3ccc(-c4c(C(C)(CC)CC)cccc4C(C)(CC)CC)cc3C([2H])([2H])[2H])cc(C(C)(C)C)c2)c([2H])c(-c2c([2H])c([2H])c(C(C([2H])([2H])[2H])(C([2H])([2H])[2H])C([2H])([2H])[2H])c([2H])c2[2H])c1[2H]. The summed E-state index contributed by atoms with van der Waals surface area (Å²) in [5.74, 6) is 0.191. The van der Waals surface area contributed by atoms with Gasteiger partial charge in [0.25, 0.3) is 0 Å². The Morgan fingerprint density at radius 1 is 0.533 bits per heavy atom. The van der Waals surface area contributed by atoms with Gasteiger partial charge in [-0.3, -0.25) is 9.55 Å². The third-order valence-corrected chi connectivity index (χ3v) is 15.9. The third-order valence-electron chi connectivity index (χ3n) is 15.9. The van der Waals surface area contributed by atoms with Gasteiger partial charge >= 0.3 is 0 Å². The van der Waals surface area contributed by atoms with E-state index in [0.717, 1.165) is 53.5 Å². The second kappa shape index (κ2) is 20.0. The Kier molecular flexibility index (Phi) is 9.38. The highest BCUT2D eigenvalue weighted by Crippen LogP contribution is 2.48. The van der Waals surface area contributed by atoms with Gasteiger partial charge < -0.3 is 5.11 Å². The van der Waals surface area contributed by atoms with E-state index >= 15 is 0 Å². The second-order valence-corrected chi connectivity index (χ2v) is 24.1. The number of aromatic nitrogens is 3. The van der Waals surface area contributed by atoms with E-state index in [1.807, 2.05) is 90.1 Å². The number of benzene rings is 6. The van der Waals surface area contributed by atoms with E-state index in [-0.39, 0.29) is 39.2 Å². The molecule has 6 aromatic carbocycles. The van der Waals surface area contributed by atoms with E-state index in [9.17, 15) is 13.3 Å². The molecule has 0 bridgehead atoms. The summed E-state index contributed by atoms with van der Waals surface area (Å²) in [6, 6.07) is 20.3. The molecule has 0 aliphatic rings. The van der Waals surface area contributed by atoms with Crippen LogP contribution in [0, 0.1) is 6.85 Å². The molecule has 8 aromatic rings. The summed E-state index contributed by atoms with van der Waals surface area (Å²) in [5.41, 5.74) is -0.389. The first kappa shape index (κ1) is 35.1. The number of aryl methyl sites for hydroxylation is 1. The van der Waals surface area contributed by atoms with Gasteiger partial charge in [0.2, 0.25) is 0 Å². The summed E-state index contributed by atoms with van der Waals surface area (Å²) in [7, 11) is 0. The number of hydrogen-bond donors (Lipinski definition) is 1. The van der Waals surface area contributed by atoms with Crippen LogP contribution in [0.1, 0.15) is 215 Å². The van der Waals surface area contributed by atoms with Crippen LogP contribution in [0.25, 0.3) is 72.7 Å². The third kappa shape index (κ3) is 10.5. The molecule has 0 saturated carbocycles. The van der Waals surface area contributed by atoms with Gasteiger partial charge in [0, 0.05) is 39.3 Å². The van der Waals surface area contributed by atoms with Gasteiger partial charge in [0.1, 0.15) is 11.6 Å². The van der Waals surface area contributed by atoms with E-state index in [2.05, 4.69) is 85.5 Å². The molecule has 1 N–H and O–H groups in total. The molecule has 4 heteroatoms. The summed E-state index contributed by atoms with van der Waals surface area (Å²) >= 11 is 0. The van der Waals surface area contributed by atoms with Crippen LogP contribution in [0.3, 0.4) is 0 Å². The van der Waals surface area contributed by atoms with Crippen molar-refractivity contribution in [3.05, 3.63) is 166 Å². The maximum atomic E-state index is 12.8. The smallest absolute Gasteiger partial charge is 0.149 e. The molecular weight excluding hydrogens is 911 g/mol. The lowest BCUT2D eigenvalue weighted by Crippen LogP contribution is -2.25. The van der Waals surface area contributed by atoms with Crippen LogP contribution in [0.5, 0.6) is 5.75 Å². The van der Waals surface area contributed by atoms with Gasteiger partial charge in [0.05, 0.1) is 37.6 Å². The fourth-order valence-corrected chi connectivity index (χ4v) is 10.1. The van der Waals surface area contributed by atoms with Crippen LogP contribution in [-0.2, 0) is 32.5 Å². The molecule has 2 heterocycles. The van der Waals surface area contributed by atoms with Crippen LogP contribution >= 0.6 is 0 Å². The van der Waals surface area contributed by atoms with E-state index in [1.165, 1.54) is 0 Å². The van der Waals surface area contributed by atoms with Gasteiger partial charge in [0.15, 0.2) is 0 Å². The van der Waals surface area contributed by atoms with E-state index in [1.54, 1.807) is 22.8 Å². The maximum Gasteiger partial charge on any atom is 0.149 e. The number of hydrogen-bond acceptors (Lipinski definition) is 3. The van der Waals surface area contributed by atoms with Gasteiger partial charge in [-0.1, -0.05) is 197 Å². The predicted octanol–water partition coefficient (Wildman–Crippen LogP) is 20.1. The number of phenolic OH excluding ortho intramolecular Hbond substituents is 1. The molecule has 0 atom stereocenters. The van der Waals surface area contributed by atoms with Crippen LogP contribution in [0.2, 0.25) is 0 Å². The summed E-state index contributed by atoms with van der Waals surface area (Å²) in [4.78, 5) is 9.95. The fourth-order valence-electron chi connectivity index (χ4n) is 10.1. The number of fused-ring (bicyclic) bond motifs is 1. The quantitative estimate of drug-likeness (QED) is 0.133. The zero-order valence-electron chi connectivity index (χ0n) is 65.7. The van der Waals surface area contributed by atoms with Crippen molar-refractivity contribution < 1.29 is 31.2 Å². The first-order valence-electron chi connectivity index (χ1n) is 35.9. The molecule has 75 heavy (non-hydrogen) atoms. The number of phenols is 1. The van der Waals surface area contributed by atoms with Crippen LogP contribution in [0.4, 0.5) is 0 Å². The van der Waals surface area contributed by atoms with Gasteiger partial charge in [-0.25, -0.2) is 4.98 Å². The Balaban J connectivity index is 1.50. The normalized spacial score (nSPS) is 17.3. The van der Waals surface area contributed by atoms with Crippen molar-refractivity contribution >= 4 is 11.0 Å². The minimum absolute atomic E-state index is 0.0390. The Bertz CT molecular complexity index is 4170. The highest BCUT2D eigenvalue weighted by Gasteiger charge is 2.34. The lowest BCUT2D eigenvalue weighted by Gasteiger charge is -2.36. The van der Waals surface area contributed by atoms with Gasteiger partial charge in [-0.05, 0) is 175 Å². The Morgan fingerprint density at radius 2 is 1.13 bits per heavy atom. The lowest BCUT2D eigenvalue weighted by atomic mass is 9.68. The predicted molar refractivity (Wildman–Crippen MR) is 323 cm³/mol. The summed E-state index contributed by atoms with van der Waals surface area (Å²) in [6.07, 6.45) is 2.59. The number of aromatic hydroxyl groups is 1. The molecule has 0 aliphatic carbocycles. The molecule has 0 amide bonds. The highest BCUT2D eigenvalue weighted by molar-refractivity contribution is 5.97. The standard InChI is InChI=1S/C71H87N3O/c1-20-70(18,21-2)56-27-25-28-57(71(19,22-3)23-4)62(56)48-32-35-60(45(5)38-48)74-61-29-24-26-54(63(61)73-65(74)55-43-53(68(12,13)14)44-58(64(55)75)69(15,16)17)49-39-50(41-52(40-49)67(9,10)11)59-42-47(36-37-72-59)46-30-33-51(34-31-46)66(6,7)8/h24-44,75H,20-23H2,1-19H3/i5D3,6D3,7D3,8D3,30D,31D,33D,34D,36D,37D,42D. The molecule has 0 saturated heterocycles. The first-order chi connectivity index (χ1) is 42.9. The largest absolute Gasteiger partial charge is 0.507 e. The van der Waals surface area contributed by atoms with Crippen molar-refractivity contribution in [3.8, 4) is 67.5 Å². The molecule has 0 fully saturated rings. The number of nitrogens with zero attached hydrogens (tertiary/aromatic N) is 3. The summed E-state index contributed by atoms with van der Waals surface area (Å²) in [5, 5.41) is 12.8. The molecule has 0 unspecified atom stereocenters. The molecule has 392 valence electrons. The lowest BCUT2D eigenvalue weighted by molar-refractivity contribution is 0.426. The second-order valence-electron chi connectivity index (χ2n) is 24.1. The summed E-state index contributed by atoms with van der Waals surface area (Å²) < 4.78 is 170. The van der Waals surface area contributed by atoms with Crippen molar-refractivity contribution in [1.29, 1.82) is 0 Å². The van der Waals surface area contributed by atoms with Crippen molar-refractivity contribution in [2.45, 2.75) is 189 Å². The summed E-state index contributed by atoms with van der Waals surface area (Å²) in [6.45, 7) is 16.7. The van der Waals surface area contributed by atoms with Crippen molar-refractivity contribution in [2.75, 3.05) is 0 Å². The minimum Gasteiger partial charge on any atom is -0.507 e. The Hall–Kier alpha value is -6.26. The average molecular weight is 1020 g/mol. The van der Waals surface area contributed by atoms with Crippen LogP contribution < -0.4 is 0 Å². The molecular formula is C71H87N3O. The average Bonchev–Trinajstić information content (AvgIpc) is 0.797. The van der Waals surface area contributed by atoms with E-state index in [4.69, 9.17) is 22.8 Å². The number of rotatable bonds is 12. The fraction of sp³-hybridized carbons (Fsp3) is 0.408. The zero-order chi connectivity index (χ0) is 70.9. The van der Waals surface area contributed by atoms with Gasteiger partial charge in [-0.2, -0.15) is 0 Å². The Morgan fingerprint density at radius 3 is 1.71 bits per heavy atom. The van der Waals surface area contributed by atoms with Crippen LogP contribution in [0.15, 0.2) is 127 Å². The van der Waals surface area contributed by atoms with Crippen molar-refractivity contribution in [2.24, 2.45) is 0 Å². The molecule has 0 spiro atoms. The molecule has 0 aliphatic heterocycles.